The lowest BCUT2D eigenvalue weighted by molar-refractivity contribution is -0.108. The Labute approximate surface area is 111 Å². The van der Waals surface area contributed by atoms with Crippen molar-refractivity contribution in [2.75, 3.05) is 14.2 Å². The van der Waals surface area contributed by atoms with Crippen LogP contribution < -0.4 is 0 Å². The third-order valence-electron chi connectivity index (χ3n) is 2.71. The first-order valence-electron chi connectivity index (χ1n) is 5.74. The van der Waals surface area contributed by atoms with E-state index in [-0.39, 0.29) is 0 Å². The van der Waals surface area contributed by atoms with Crippen LogP contribution in [0.2, 0.25) is 0 Å². The van der Waals surface area contributed by atoms with E-state index in [1.165, 1.54) is 5.56 Å². The molecule has 0 aromatic carbocycles. The SMILES string of the molecule is CCc1cnccc1-c1nc(C(OC)OC)cs1. The first kappa shape index (κ1) is 13.1. The summed E-state index contributed by atoms with van der Waals surface area (Å²) in [5, 5.41) is 2.94. The van der Waals surface area contributed by atoms with Crippen LogP contribution in [0.25, 0.3) is 10.6 Å². The highest BCUT2D eigenvalue weighted by Gasteiger charge is 2.15. The second-order valence-corrected chi connectivity index (χ2v) is 4.63. The quantitative estimate of drug-likeness (QED) is 0.779. The van der Waals surface area contributed by atoms with Crippen LogP contribution in [0.3, 0.4) is 0 Å². The molecule has 0 saturated carbocycles. The minimum Gasteiger partial charge on any atom is -0.350 e. The van der Waals surface area contributed by atoms with Crippen LogP contribution in [-0.4, -0.2) is 24.2 Å². The number of rotatable bonds is 5. The van der Waals surface area contributed by atoms with Crippen LogP contribution in [0.5, 0.6) is 0 Å². The van der Waals surface area contributed by atoms with Gasteiger partial charge in [-0.1, -0.05) is 6.92 Å². The fourth-order valence-corrected chi connectivity index (χ4v) is 2.65. The summed E-state index contributed by atoms with van der Waals surface area (Å²) in [5.74, 6) is 0. The molecule has 0 saturated heterocycles. The van der Waals surface area contributed by atoms with E-state index in [9.17, 15) is 0 Å². The number of thiazole rings is 1. The summed E-state index contributed by atoms with van der Waals surface area (Å²) in [6.07, 6.45) is 4.22. The van der Waals surface area contributed by atoms with Gasteiger partial charge in [-0.2, -0.15) is 0 Å². The van der Waals surface area contributed by atoms with Crippen molar-refractivity contribution >= 4 is 11.3 Å². The van der Waals surface area contributed by atoms with Gasteiger partial charge in [-0.05, 0) is 18.1 Å². The molecule has 0 aliphatic carbocycles. The van der Waals surface area contributed by atoms with Crippen LogP contribution in [0.1, 0.15) is 24.5 Å². The summed E-state index contributed by atoms with van der Waals surface area (Å²) in [6, 6.07) is 2.00. The second-order valence-electron chi connectivity index (χ2n) is 3.77. The Bertz CT molecular complexity index is 509. The van der Waals surface area contributed by atoms with Gasteiger partial charge in [0.15, 0.2) is 0 Å². The number of hydrogen-bond acceptors (Lipinski definition) is 5. The molecule has 5 heteroatoms. The Morgan fingerprint density at radius 3 is 2.78 bits per heavy atom. The van der Waals surface area contributed by atoms with Gasteiger partial charge in [0.2, 0.25) is 6.29 Å². The Balaban J connectivity index is 2.34. The number of ether oxygens (including phenoxy) is 2. The molecular weight excluding hydrogens is 248 g/mol. The lowest BCUT2D eigenvalue weighted by Crippen LogP contribution is -2.03. The largest absolute Gasteiger partial charge is 0.350 e. The van der Waals surface area contributed by atoms with E-state index in [1.807, 2.05) is 17.6 Å². The first-order chi connectivity index (χ1) is 8.80. The summed E-state index contributed by atoms with van der Waals surface area (Å²) in [4.78, 5) is 8.72. The van der Waals surface area contributed by atoms with E-state index in [0.717, 1.165) is 22.7 Å². The summed E-state index contributed by atoms with van der Waals surface area (Å²) < 4.78 is 10.4. The number of aryl methyl sites for hydroxylation is 1. The lowest BCUT2D eigenvalue weighted by atomic mass is 10.1. The van der Waals surface area contributed by atoms with Crippen LogP contribution >= 0.6 is 11.3 Å². The molecule has 2 rings (SSSR count). The topological polar surface area (TPSA) is 44.2 Å². The molecule has 0 fully saturated rings. The maximum atomic E-state index is 5.20. The normalized spacial score (nSPS) is 11.1. The molecule has 18 heavy (non-hydrogen) atoms. The molecule has 0 aliphatic rings. The molecule has 96 valence electrons. The minimum absolute atomic E-state index is 0.401. The van der Waals surface area contributed by atoms with E-state index < -0.39 is 6.29 Å². The summed E-state index contributed by atoms with van der Waals surface area (Å²) in [7, 11) is 3.22. The van der Waals surface area contributed by atoms with E-state index in [2.05, 4.69) is 16.9 Å². The molecule has 0 aliphatic heterocycles. The highest BCUT2D eigenvalue weighted by molar-refractivity contribution is 7.13. The van der Waals surface area contributed by atoms with Crippen molar-refractivity contribution in [1.29, 1.82) is 0 Å². The van der Waals surface area contributed by atoms with Crippen molar-refractivity contribution in [3.05, 3.63) is 35.1 Å². The molecule has 0 atom stereocenters. The van der Waals surface area contributed by atoms with Crippen LogP contribution in [0.4, 0.5) is 0 Å². The van der Waals surface area contributed by atoms with Crippen molar-refractivity contribution in [2.24, 2.45) is 0 Å². The summed E-state index contributed by atoms with van der Waals surface area (Å²) in [6.45, 7) is 2.11. The predicted octanol–water partition coefficient (Wildman–Crippen LogP) is 3.06. The van der Waals surface area contributed by atoms with E-state index in [1.54, 1.807) is 31.8 Å². The Kier molecular flexibility index (Phi) is 4.41. The molecule has 2 heterocycles. The van der Waals surface area contributed by atoms with Crippen LogP contribution in [0, 0.1) is 0 Å². The molecule has 0 spiro atoms. The summed E-state index contributed by atoms with van der Waals surface area (Å²) >= 11 is 1.59. The standard InChI is InChI=1S/C13H16N2O2S/c1-4-9-7-14-6-5-10(9)12-15-11(8-18-12)13(16-2)17-3/h5-8,13H,4H2,1-3H3. The number of methoxy groups -OCH3 is 2. The molecule has 2 aromatic heterocycles. The van der Waals surface area contributed by atoms with Crippen molar-refractivity contribution in [3.63, 3.8) is 0 Å². The third-order valence-corrected chi connectivity index (χ3v) is 3.60. The first-order valence-corrected chi connectivity index (χ1v) is 6.62. The van der Waals surface area contributed by atoms with Gasteiger partial charge < -0.3 is 9.47 Å². The van der Waals surface area contributed by atoms with Gasteiger partial charge in [0.05, 0.1) is 0 Å². The van der Waals surface area contributed by atoms with Crippen molar-refractivity contribution in [1.82, 2.24) is 9.97 Å². The zero-order valence-corrected chi connectivity index (χ0v) is 11.5. The number of hydrogen-bond donors (Lipinski definition) is 0. The fraction of sp³-hybridized carbons (Fsp3) is 0.385. The van der Waals surface area contributed by atoms with Crippen molar-refractivity contribution in [3.8, 4) is 10.6 Å². The van der Waals surface area contributed by atoms with Gasteiger partial charge in [-0.3, -0.25) is 4.98 Å². The van der Waals surface area contributed by atoms with Gasteiger partial charge >= 0.3 is 0 Å². The zero-order chi connectivity index (χ0) is 13.0. The number of pyridine rings is 1. The van der Waals surface area contributed by atoms with Crippen molar-refractivity contribution < 1.29 is 9.47 Å². The molecule has 0 bridgehead atoms. The van der Waals surface area contributed by atoms with Crippen molar-refractivity contribution in [2.45, 2.75) is 19.6 Å². The van der Waals surface area contributed by atoms with Gasteiger partial charge in [0, 0.05) is 37.6 Å². The molecule has 0 amide bonds. The molecule has 0 unspecified atom stereocenters. The second kappa shape index (κ2) is 6.04. The van der Waals surface area contributed by atoms with E-state index in [4.69, 9.17) is 9.47 Å². The molecule has 4 nitrogen and oxygen atoms in total. The fourth-order valence-electron chi connectivity index (χ4n) is 1.77. The van der Waals surface area contributed by atoms with Crippen LogP contribution in [0.15, 0.2) is 23.8 Å². The Morgan fingerprint density at radius 2 is 2.11 bits per heavy atom. The highest BCUT2D eigenvalue weighted by Crippen LogP contribution is 2.29. The Morgan fingerprint density at radius 1 is 1.33 bits per heavy atom. The lowest BCUT2D eigenvalue weighted by Gasteiger charge is -2.09. The Hall–Kier alpha value is -1.30. The molecule has 0 radical (unpaired) electrons. The average Bonchev–Trinajstić information content (AvgIpc) is 2.89. The zero-order valence-electron chi connectivity index (χ0n) is 10.7. The molecule has 0 N–H and O–H groups in total. The summed E-state index contributed by atoms with van der Waals surface area (Å²) in [5.41, 5.74) is 3.14. The average molecular weight is 264 g/mol. The van der Waals surface area contributed by atoms with E-state index >= 15 is 0 Å². The van der Waals surface area contributed by atoms with Gasteiger partial charge in [-0.25, -0.2) is 4.98 Å². The highest BCUT2D eigenvalue weighted by atomic mass is 32.1. The minimum atomic E-state index is -0.401. The molecular formula is C13H16N2O2S. The van der Waals surface area contributed by atoms with Gasteiger partial charge in [0.25, 0.3) is 0 Å². The number of nitrogens with zero attached hydrogens (tertiary/aromatic N) is 2. The molecule has 2 aromatic rings. The van der Waals surface area contributed by atoms with Gasteiger partial charge in [0.1, 0.15) is 10.7 Å². The maximum Gasteiger partial charge on any atom is 0.201 e. The van der Waals surface area contributed by atoms with Crippen LogP contribution in [-0.2, 0) is 15.9 Å². The third kappa shape index (κ3) is 2.58. The van der Waals surface area contributed by atoms with E-state index in [0.29, 0.717) is 0 Å². The maximum absolute atomic E-state index is 5.20. The van der Waals surface area contributed by atoms with Gasteiger partial charge in [-0.15, -0.1) is 11.3 Å². The monoisotopic (exact) mass is 264 g/mol. The predicted molar refractivity (Wildman–Crippen MR) is 71.5 cm³/mol. The number of aromatic nitrogens is 2. The smallest absolute Gasteiger partial charge is 0.201 e.